The molecule has 0 aliphatic heterocycles. The Morgan fingerprint density at radius 2 is 0.917 bits per heavy atom. The summed E-state index contributed by atoms with van der Waals surface area (Å²) in [6, 6.07) is 25.9. The molecular weight excluding hydrogens is 464 g/mol. The van der Waals surface area contributed by atoms with Gasteiger partial charge in [0.05, 0.1) is 7.11 Å². The number of carbonyl (C=O) groups is 3. The van der Waals surface area contributed by atoms with E-state index < -0.39 is 42.3 Å². The van der Waals surface area contributed by atoms with E-state index in [1.165, 1.54) is 14.2 Å². The van der Waals surface area contributed by atoms with Crippen molar-refractivity contribution in [2.45, 2.75) is 24.4 Å². The molecule has 0 aliphatic carbocycles. The second kappa shape index (κ2) is 13.2. The molecule has 0 heterocycles. The number of methoxy groups -OCH3 is 3. The molecule has 0 unspecified atom stereocenters. The van der Waals surface area contributed by atoms with E-state index >= 15 is 0 Å². The lowest BCUT2D eigenvalue weighted by atomic mass is 10.0. The molecule has 3 aromatic carbocycles. The number of hydrogen-bond acceptors (Lipinski definition) is 8. The van der Waals surface area contributed by atoms with Crippen LogP contribution in [0.5, 0.6) is 0 Å². The molecule has 0 fully saturated rings. The van der Waals surface area contributed by atoms with Crippen molar-refractivity contribution >= 4 is 17.9 Å². The Morgan fingerprint density at radius 1 is 0.528 bits per heavy atom. The fourth-order valence-corrected chi connectivity index (χ4v) is 3.66. The summed E-state index contributed by atoms with van der Waals surface area (Å²) in [7, 11) is 3.88. The van der Waals surface area contributed by atoms with Crippen LogP contribution in [0.25, 0.3) is 0 Å². The topological polar surface area (TPSA) is 97.4 Å². The maximum atomic E-state index is 13.2. The predicted molar refractivity (Wildman–Crippen MR) is 130 cm³/mol. The Kier molecular flexibility index (Phi) is 9.73. The molecule has 0 aliphatic rings. The first kappa shape index (κ1) is 26.6. The third-order valence-electron chi connectivity index (χ3n) is 5.43. The second-order valence-electron chi connectivity index (χ2n) is 7.70. The number of rotatable bonds is 11. The average molecular weight is 493 g/mol. The van der Waals surface area contributed by atoms with Gasteiger partial charge in [-0.2, -0.15) is 0 Å². The van der Waals surface area contributed by atoms with E-state index in [0.29, 0.717) is 16.7 Å². The lowest BCUT2D eigenvalue weighted by molar-refractivity contribution is -0.190. The molecule has 0 N–H and O–H groups in total. The monoisotopic (exact) mass is 492 g/mol. The van der Waals surface area contributed by atoms with Crippen LogP contribution in [0.3, 0.4) is 0 Å². The predicted octanol–water partition coefficient (Wildman–Crippen LogP) is 4.13. The van der Waals surface area contributed by atoms with Crippen molar-refractivity contribution in [2.75, 3.05) is 21.3 Å². The zero-order chi connectivity index (χ0) is 25.9. The van der Waals surface area contributed by atoms with E-state index in [1.54, 1.807) is 91.0 Å². The molecule has 0 saturated carbocycles. The minimum absolute atomic E-state index is 0.422. The molecule has 0 saturated heterocycles. The Labute approximate surface area is 209 Å². The maximum Gasteiger partial charge on any atom is 0.351 e. The first-order valence-corrected chi connectivity index (χ1v) is 11.2. The van der Waals surface area contributed by atoms with Crippen molar-refractivity contribution in [3.63, 3.8) is 0 Å². The fraction of sp³-hybridized carbons (Fsp3) is 0.250. The van der Waals surface area contributed by atoms with Crippen LogP contribution < -0.4 is 0 Å². The van der Waals surface area contributed by atoms with E-state index in [2.05, 4.69) is 0 Å². The van der Waals surface area contributed by atoms with Crippen molar-refractivity contribution < 1.29 is 38.1 Å². The molecule has 0 radical (unpaired) electrons. The molecule has 36 heavy (non-hydrogen) atoms. The smallest absolute Gasteiger partial charge is 0.351 e. The Morgan fingerprint density at radius 3 is 1.31 bits per heavy atom. The summed E-state index contributed by atoms with van der Waals surface area (Å²) < 4.78 is 27.0. The van der Waals surface area contributed by atoms with E-state index in [1.807, 2.05) is 0 Å². The summed E-state index contributed by atoms with van der Waals surface area (Å²) in [5.74, 6) is -2.52. The quantitative estimate of drug-likeness (QED) is 0.291. The van der Waals surface area contributed by atoms with Gasteiger partial charge >= 0.3 is 17.9 Å². The van der Waals surface area contributed by atoms with Crippen LogP contribution in [0.15, 0.2) is 91.0 Å². The third kappa shape index (κ3) is 6.56. The van der Waals surface area contributed by atoms with Crippen LogP contribution in [-0.4, -0.2) is 45.3 Å². The highest BCUT2D eigenvalue weighted by atomic mass is 16.6. The summed E-state index contributed by atoms with van der Waals surface area (Å²) in [6.45, 7) is 0. The zero-order valence-electron chi connectivity index (χ0n) is 20.2. The SMILES string of the molecule is COC(=O)[C@@H](OC(=O)[C@H](OC)c1ccccc1)[C@H](OC(=O)[C@H](OC)c1ccccc1)c1ccccc1. The Bertz CT molecular complexity index is 1120. The maximum absolute atomic E-state index is 13.2. The number of benzene rings is 3. The molecule has 0 spiro atoms. The highest BCUT2D eigenvalue weighted by Crippen LogP contribution is 2.30. The van der Waals surface area contributed by atoms with Gasteiger partial charge in [-0.25, -0.2) is 14.4 Å². The van der Waals surface area contributed by atoms with Crippen LogP contribution >= 0.6 is 0 Å². The standard InChI is InChI=1S/C28H28O8/c1-32-23(20-15-9-5-10-16-20)27(30)35-22(19-13-7-4-8-14-19)25(26(29)34-3)36-28(31)24(33-2)21-17-11-6-12-18-21/h4-18,22-25H,1-3H3/t22-,23-,24-,25+/m1/s1. The van der Waals surface area contributed by atoms with Crippen molar-refractivity contribution in [2.24, 2.45) is 0 Å². The van der Waals surface area contributed by atoms with Gasteiger partial charge in [-0.3, -0.25) is 0 Å². The van der Waals surface area contributed by atoms with Gasteiger partial charge in [0.15, 0.2) is 18.3 Å². The average Bonchev–Trinajstić information content (AvgIpc) is 2.92. The molecule has 8 nitrogen and oxygen atoms in total. The van der Waals surface area contributed by atoms with E-state index in [-0.39, 0.29) is 0 Å². The summed E-state index contributed by atoms with van der Waals surface area (Å²) >= 11 is 0. The molecule has 3 aromatic rings. The number of esters is 3. The zero-order valence-corrected chi connectivity index (χ0v) is 20.2. The van der Waals surface area contributed by atoms with Crippen molar-refractivity contribution in [3.8, 4) is 0 Å². The van der Waals surface area contributed by atoms with Crippen LogP contribution in [0.1, 0.15) is 35.0 Å². The third-order valence-corrected chi connectivity index (χ3v) is 5.43. The highest BCUT2D eigenvalue weighted by molar-refractivity contribution is 5.83. The first-order chi connectivity index (χ1) is 17.5. The van der Waals surface area contributed by atoms with E-state index in [4.69, 9.17) is 23.7 Å². The Balaban J connectivity index is 1.94. The fourth-order valence-electron chi connectivity index (χ4n) is 3.66. The van der Waals surface area contributed by atoms with Crippen molar-refractivity contribution in [1.29, 1.82) is 0 Å². The molecule has 0 aromatic heterocycles. The molecule has 0 bridgehead atoms. The minimum Gasteiger partial charge on any atom is -0.466 e. The van der Waals surface area contributed by atoms with Crippen LogP contribution in [-0.2, 0) is 38.1 Å². The summed E-state index contributed by atoms with van der Waals surface area (Å²) in [4.78, 5) is 39.2. The molecule has 8 heteroatoms. The van der Waals surface area contributed by atoms with Gasteiger partial charge in [0, 0.05) is 14.2 Å². The van der Waals surface area contributed by atoms with Crippen LogP contribution in [0.2, 0.25) is 0 Å². The second-order valence-corrected chi connectivity index (χ2v) is 7.70. The molecule has 4 atom stereocenters. The van der Waals surface area contributed by atoms with Crippen LogP contribution in [0, 0.1) is 0 Å². The molecule has 188 valence electrons. The van der Waals surface area contributed by atoms with Gasteiger partial charge in [0.25, 0.3) is 0 Å². The largest absolute Gasteiger partial charge is 0.466 e. The van der Waals surface area contributed by atoms with Gasteiger partial charge in [0.1, 0.15) is 0 Å². The Hall–Kier alpha value is -4.01. The molecule has 3 rings (SSSR count). The number of ether oxygens (including phenoxy) is 5. The molecule has 0 amide bonds. The lowest BCUT2D eigenvalue weighted by Gasteiger charge is -2.28. The summed E-state index contributed by atoms with van der Waals surface area (Å²) in [5.41, 5.74) is 1.52. The highest BCUT2D eigenvalue weighted by Gasteiger charge is 2.40. The van der Waals surface area contributed by atoms with Gasteiger partial charge in [-0.15, -0.1) is 0 Å². The minimum atomic E-state index is -1.61. The summed E-state index contributed by atoms with van der Waals surface area (Å²) in [5, 5.41) is 0. The number of carbonyl (C=O) groups excluding carboxylic acids is 3. The van der Waals surface area contributed by atoms with Gasteiger partial charge in [-0.1, -0.05) is 91.0 Å². The van der Waals surface area contributed by atoms with Crippen molar-refractivity contribution in [3.05, 3.63) is 108 Å². The van der Waals surface area contributed by atoms with Gasteiger partial charge in [0.2, 0.25) is 6.10 Å². The van der Waals surface area contributed by atoms with E-state index in [9.17, 15) is 14.4 Å². The van der Waals surface area contributed by atoms with Gasteiger partial charge in [-0.05, 0) is 16.7 Å². The number of hydrogen-bond donors (Lipinski definition) is 0. The van der Waals surface area contributed by atoms with Crippen molar-refractivity contribution in [1.82, 2.24) is 0 Å². The first-order valence-electron chi connectivity index (χ1n) is 11.2. The van der Waals surface area contributed by atoms with Crippen LogP contribution in [0.4, 0.5) is 0 Å². The normalized spacial score (nSPS) is 14.1. The van der Waals surface area contributed by atoms with Gasteiger partial charge < -0.3 is 23.7 Å². The molecular formula is C28H28O8. The lowest BCUT2D eigenvalue weighted by Crippen LogP contribution is -2.39. The summed E-state index contributed by atoms with van der Waals surface area (Å²) in [6.07, 6.45) is -5.10. The van der Waals surface area contributed by atoms with E-state index in [0.717, 1.165) is 7.11 Å².